The summed E-state index contributed by atoms with van der Waals surface area (Å²) in [5.74, 6) is -0.727. The van der Waals surface area contributed by atoms with Crippen LogP contribution in [0.25, 0.3) is 0 Å². The highest BCUT2D eigenvalue weighted by Crippen LogP contribution is 2.17. The number of rotatable bonds is 2. The molecule has 2 unspecified atom stereocenters. The summed E-state index contributed by atoms with van der Waals surface area (Å²) in [6, 6.07) is 2.60. The Bertz CT molecular complexity index is 407. The minimum Gasteiger partial charge on any atom is -0.346 e. The van der Waals surface area contributed by atoms with E-state index in [1.165, 1.54) is 12.1 Å². The van der Waals surface area contributed by atoms with Crippen molar-refractivity contribution in [3.8, 4) is 0 Å². The van der Waals surface area contributed by atoms with Gasteiger partial charge >= 0.3 is 0 Å². The maximum Gasteiger partial charge on any atom is 0.270 e. The number of hydrogen-bond donors (Lipinski definition) is 2. The predicted octanol–water partition coefficient (Wildman–Crippen LogP) is 1.61. The number of nitrogens with two attached hydrogens (primary N) is 1. The van der Waals surface area contributed by atoms with Gasteiger partial charge in [-0.15, -0.1) is 0 Å². The Labute approximate surface area is 106 Å². The van der Waals surface area contributed by atoms with Gasteiger partial charge in [0.25, 0.3) is 5.91 Å². The number of halogens is 1. The van der Waals surface area contributed by atoms with E-state index in [2.05, 4.69) is 10.3 Å². The Kier molecular flexibility index (Phi) is 4.25. The van der Waals surface area contributed by atoms with E-state index in [4.69, 9.17) is 5.73 Å². The third kappa shape index (κ3) is 3.26. The summed E-state index contributed by atoms with van der Waals surface area (Å²) in [5.41, 5.74) is 6.26. The van der Waals surface area contributed by atoms with Crippen LogP contribution in [0.15, 0.2) is 18.3 Å². The Morgan fingerprint density at radius 3 is 2.83 bits per heavy atom. The van der Waals surface area contributed by atoms with Gasteiger partial charge in [0.2, 0.25) is 0 Å². The molecule has 2 rings (SSSR count). The van der Waals surface area contributed by atoms with Crippen LogP contribution in [0.3, 0.4) is 0 Å². The van der Waals surface area contributed by atoms with Crippen molar-refractivity contribution >= 4 is 5.91 Å². The molecule has 1 saturated carbocycles. The van der Waals surface area contributed by atoms with E-state index in [9.17, 15) is 9.18 Å². The highest BCUT2D eigenvalue weighted by atomic mass is 19.1. The Balaban J connectivity index is 1.99. The molecule has 1 fully saturated rings. The second kappa shape index (κ2) is 5.91. The zero-order valence-corrected chi connectivity index (χ0v) is 10.2. The van der Waals surface area contributed by atoms with Crippen molar-refractivity contribution in [3.05, 3.63) is 29.8 Å². The number of nitrogens with zero attached hydrogens (tertiary/aromatic N) is 1. The first-order valence-electron chi connectivity index (χ1n) is 6.35. The summed E-state index contributed by atoms with van der Waals surface area (Å²) >= 11 is 0. The molecule has 1 aromatic rings. The summed E-state index contributed by atoms with van der Waals surface area (Å²) < 4.78 is 12.7. The van der Waals surface area contributed by atoms with Crippen LogP contribution in [-0.4, -0.2) is 23.0 Å². The van der Waals surface area contributed by atoms with Crippen LogP contribution in [0.1, 0.15) is 42.6 Å². The average molecular weight is 251 g/mol. The lowest BCUT2D eigenvalue weighted by molar-refractivity contribution is 0.0923. The Hall–Kier alpha value is -1.49. The molecular formula is C13H18FN3O. The van der Waals surface area contributed by atoms with Crippen molar-refractivity contribution in [1.29, 1.82) is 0 Å². The van der Waals surface area contributed by atoms with Crippen LogP contribution in [0.4, 0.5) is 4.39 Å². The van der Waals surface area contributed by atoms with Gasteiger partial charge < -0.3 is 11.1 Å². The monoisotopic (exact) mass is 251 g/mol. The van der Waals surface area contributed by atoms with Crippen molar-refractivity contribution in [2.45, 2.75) is 44.2 Å². The largest absolute Gasteiger partial charge is 0.346 e. The third-order valence-electron chi connectivity index (χ3n) is 3.35. The van der Waals surface area contributed by atoms with Gasteiger partial charge in [-0.05, 0) is 25.0 Å². The second-order valence-corrected chi connectivity index (χ2v) is 4.74. The van der Waals surface area contributed by atoms with Crippen LogP contribution in [0.2, 0.25) is 0 Å². The maximum absolute atomic E-state index is 12.7. The lowest BCUT2D eigenvalue weighted by Crippen LogP contribution is -2.47. The summed E-state index contributed by atoms with van der Waals surface area (Å²) in [7, 11) is 0. The lowest BCUT2D eigenvalue weighted by atomic mass is 10.0. The molecule has 1 aliphatic carbocycles. The minimum absolute atomic E-state index is 0.00287. The third-order valence-corrected chi connectivity index (χ3v) is 3.35. The normalized spacial score (nSPS) is 24.3. The molecule has 0 spiro atoms. The molecule has 5 heteroatoms. The molecule has 0 aliphatic heterocycles. The average Bonchev–Trinajstić information content (AvgIpc) is 2.56. The zero-order chi connectivity index (χ0) is 13.0. The number of carbonyl (C=O) groups is 1. The molecule has 3 N–H and O–H groups in total. The molecule has 4 nitrogen and oxygen atoms in total. The lowest BCUT2D eigenvalue weighted by Gasteiger charge is -2.22. The van der Waals surface area contributed by atoms with Gasteiger partial charge in [-0.1, -0.05) is 19.3 Å². The SMILES string of the molecule is NC1CCCCCC1NC(=O)c1ccc(F)cn1. The first-order chi connectivity index (χ1) is 8.66. The van der Waals surface area contributed by atoms with E-state index in [1.54, 1.807) is 0 Å². The number of amides is 1. The first kappa shape index (κ1) is 13.0. The second-order valence-electron chi connectivity index (χ2n) is 4.74. The molecule has 0 aromatic carbocycles. The smallest absolute Gasteiger partial charge is 0.270 e. The predicted molar refractivity (Wildman–Crippen MR) is 66.5 cm³/mol. The van der Waals surface area contributed by atoms with Gasteiger partial charge in [0.05, 0.1) is 6.20 Å². The molecule has 1 heterocycles. The molecule has 2 atom stereocenters. The molecule has 1 aliphatic rings. The van der Waals surface area contributed by atoms with E-state index in [0.717, 1.165) is 38.3 Å². The molecule has 0 saturated heterocycles. The van der Waals surface area contributed by atoms with Crippen molar-refractivity contribution in [3.63, 3.8) is 0 Å². The van der Waals surface area contributed by atoms with Crippen LogP contribution >= 0.6 is 0 Å². The molecule has 0 radical (unpaired) electrons. The summed E-state index contributed by atoms with van der Waals surface area (Å²) in [6.07, 6.45) is 6.23. The number of carbonyl (C=O) groups excluding carboxylic acids is 1. The summed E-state index contributed by atoms with van der Waals surface area (Å²) in [6.45, 7) is 0. The Morgan fingerprint density at radius 2 is 2.11 bits per heavy atom. The number of nitrogens with one attached hydrogen (secondary N) is 1. The standard InChI is InChI=1S/C13H18FN3O/c14-9-6-7-12(16-8-9)13(18)17-11-5-3-1-2-4-10(11)15/h6-8,10-11H,1-5,15H2,(H,17,18). The molecule has 18 heavy (non-hydrogen) atoms. The fraction of sp³-hybridized carbons (Fsp3) is 0.538. The van der Waals surface area contributed by atoms with E-state index in [-0.39, 0.29) is 23.7 Å². The van der Waals surface area contributed by atoms with E-state index in [0.29, 0.717) is 0 Å². The van der Waals surface area contributed by atoms with Crippen molar-refractivity contribution in [2.24, 2.45) is 5.73 Å². The fourth-order valence-corrected chi connectivity index (χ4v) is 2.27. The number of hydrogen-bond acceptors (Lipinski definition) is 3. The molecular weight excluding hydrogens is 233 g/mol. The van der Waals surface area contributed by atoms with E-state index < -0.39 is 5.82 Å². The van der Waals surface area contributed by atoms with E-state index in [1.807, 2.05) is 0 Å². The van der Waals surface area contributed by atoms with Crippen LogP contribution in [0.5, 0.6) is 0 Å². The fourth-order valence-electron chi connectivity index (χ4n) is 2.27. The summed E-state index contributed by atoms with van der Waals surface area (Å²) in [5, 5.41) is 2.90. The van der Waals surface area contributed by atoms with Crippen molar-refractivity contribution < 1.29 is 9.18 Å². The summed E-state index contributed by atoms with van der Waals surface area (Å²) in [4.78, 5) is 15.7. The van der Waals surface area contributed by atoms with Crippen LogP contribution in [0, 0.1) is 5.82 Å². The van der Waals surface area contributed by atoms with Crippen molar-refractivity contribution in [2.75, 3.05) is 0 Å². The number of pyridine rings is 1. The zero-order valence-electron chi connectivity index (χ0n) is 10.2. The van der Waals surface area contributed by atoms with Crippen LogP contribution in [-0.2, 0) is 0 Å². The number of aromatic nitrogens is 1. The minimum atomic E-state index is -0.447. The van der Waals surface area contributed by atoms with Gasteiger partial charge in [-0.2, -0.15) is 0 Å². The first-order valence-corrected chi connectivity index (χ1v) is 6.35. The van der Waals surface area contributed by atoms with Crippen LogP contribution < -0.4 is 11.1 Å². The molecule has 98 valence electrons. The van der Waals surface area contributed by atoms with Gasteiger partial charge in [-0.3, -0.25) is 4.79 Å². The van der Waals surface area contributed by atoms with Gasteiger partial charge in [0, 0.05) is 12.1 Å². The highest BCUT2D eigenvalue weighted by Gasteiger charge is 2.22. The molecule has 1 aromatic heterocycles. The molecule has 1 amide bonds. The maximum atomic E-state index is 12.7. The van der Waals surface area contributed by atoms with Gasteiger partial charge in [0.1, 0.15) is 11.5 Å². The van der Waals surface area contributed by atoms with Gasteiger partial charge in [0.15, 0.2) is 0 Å². The highest BCUT2D eigenvalue weighted by molar-refractivity contribution is 5.92. The Morgan fingerprint density at radius 1 is 1.33 bits per heavy atom. The van der Waals surface area contributed by atoms with Gasteiger partial charge in [-0.25, -0.2) is 9.37 Å². The van der Waals surface area contributed by atoms with E-state index >= 15 is 0 Å². The topological polar surface area (TPSA) is 68.0 Å². The quantitative estimate of drug-likeness (QED) is 0.785. The van der Waals surface area contributed by atoms with Crippen molar-refractivity contribution in [1.82, 2.24) is 10.3 Å². The molecule has 0 bridgehead atoms.